The Kier molecular flexibility index (Phi) is 3.63. The smallest absolute Gasteiger partial charge is 0.145 e. The van der Waals surface area contributed by atoms with Crippen LogP contribution < -0.4 is 4.74 Å². The maximum absolute atomic E-state index is 9.37. The van der Waals surface area contributed by atoms with Gasteiger partial charge < -0.3 is 9.84 Å². The Bertz CT molecular complexity index is 512. The fourth-order valence-electron chi connectivity index (χ4n) is 1.83. The van der Waals surface area contributed by atoms with Crippen molar-refractivity contribution in [2.75, 3.05) is 0 Å². The van der Waals surface area contributed by atoms with Crippen LogP contribution in [-0.2, 0) is 0 Å². The average molecular weight is 243 g/mol. The molecule has 2 rings (SSSR count). The molecule has 0 amide bonds. The summed E-state index contributed by atoms with van der Waals surface area (Å²) in [4.78, 5) is 4.14. The topological polar surface area (TPSA) is 42.4 Å². The molecule has 0 aliphatic heterocycles. The number of rotatable bonds is 3. The zero-order valence-electron chi connectivity index (χ0n) is 10.8. The molecule has 3 nitrogen and oxygen atoms in total. The monoisotopic (exact) mass is 243 g/mol. The Morgan fingerprint density at radius 1 is 1.06 bits per heavy atom. The number of aryl methyl sites for hydroxylation is 2. The van der Waals surface area contributed by atoms with E-state index in [9.17, 15) is 5.11 Å². The molecule has 94 valence electrons. The predicted molar refractivity (Wildman–Crippen MR) is 70.9 cm³/mol. The molecule has 1 N–H and O–H groups in total. The number of aliphatic hydroxyl groups excluding tert-OH is 1. The van der Waals surface area contributed by atoms with E-state index in [1.807, 2.05) is 32.0 Å². The van der Waals surface area contributed by atoms with E-state index in [4.69, 9.17) is 4.74 Å². The second-order valence-corrected chi connectivity index (χ2v) is 4.52. The third-order valence-corrected chi connectivity index (χ3v) is 2.62. The Morgan fingerprint density at radius 2 is 1.72 bits per heavy atom. The lowest BCUT2D eigenvalue weighted by Crippen LogP contribution is -1.95. The van der Waals surface area contributed by atoms with Crippen LogP contribution >= 0.6 is 0 Å². The largest absolute Gasteiger partial charge is 0.456 e. The van der Waals surface area contributed by atoms with E-state index in [-0.39, 0.29) is 0 Å². The summed E-state index contributed by atoms with van der Waals surface area (Å²) in [6.45, 7) is 5.76. The molecule has 0 saturated heterocycles. The second-order valence-electron chi connectivity index (χ2n) is 4.52. The molecule has 1 aromatic heterocycles. The molecule has 0 aliphatic carbocycles. The highest BCUT2D eigenvalue weighted by atomic mass is 16.5. The Hall–Kier alpha value is -1.87. The number of aliphatic hydroxyl groups is 1. The van der Waals surface area contributed by atoms with Crippen molar-refractivity contribution in [2.24, 2.45) is 0 Å². The van der Waals surface area contributed by atoms with Crippen molar-refractivity contribution in [1.29, 1.82) is 0 Å². The van der Waals surface area contributed by atoms with Gasteiger partial charge in [-0.05, 0) is 56.2 Å². The molecule has 18 heavy (non-hydrogen) atoms. The lowest BCUT2D eigenvalue weighted by molar-refractivity contribution is 0.194. The van der Waals surface area contributed by atoms with Crippen molar-refractivity contribution in [3.05, 3.63) is 53.3 Å². The Labute approximate surface area is 107 Å². The highest BCUT2D eigenvalue weighted by molar-refractivity contribution is 5.36. The summed E-state index contributed by atoms with van der Waals surface area (Å²) in [5.41, 5.74) is 2.97. The van der Waals surface area contributed by atoms with E-state index in [1.54, 1.807) is 19.2 Å². The standard InChI is InChI=1S/C15H17NO2/c1-10-6-11(2)8-14(7-10)18-13-4-5-15(12(3)17)16-9-13/h4-9,12,17H,1-3H3. The molecule has 0 aliphatic rings. The van der Waals surface area contributed by atoms with Crippen molar-refractivity contribution in [1.82, 2.24) is 4.98 Å². The second kappa shape index (κ2) is 5.19. The predicted octanol–water partition coefficient (Wildman–Crippen LogP) is 3.54. The minimum absolute atomic E-state index is 0.555. The third-order valence-electron chi connectivity index (χ3n) is 2.62. The van der Waals surface area contributed by atoms with Crippen LogP contribution in [0.25, 0.3) is 0 Å². The average Bonchev–Trinajstić information content (AvgIpc) is 2.28. The summed E-state index contributed by atoms with van der Waals surface area (Å²) in [6, 6.07) is 9.64. The molecule has 1 unspecified atom stereocenters. The molecule has 0 fully saturated rings. The van der Waals surface area contributed by atoms with Crippen LogP contribution in [0.15, 0.2) is 36.5 Å². The fourth-order valence-corrected chi connectivity index (χ4v) is 1.83. The van der Waals surface area contributed by atoms with Gasteiger partial charge in [0.05, 0.1) is 18.0 Å². The van der Waals surface area contributed by atoms with Gasteiger partial charge in [-0.3, -0.25) is 4.98 Å². The molecule has 1 aromatic carbocycles. The first-order chi connectivity index (χ1) is 8.54. The van der Waals surface area contributed by atoms with E-state index < -0.39 is 6.10 Å². The summed E-state index contributed by atoms with van der Waals surface area (Å²) in [6.07, 6.45) is 1.07. The molecular weight excluding hydrogens is 226 g/mol. The molecule has 1 atom stereocenters. The van der Waals surface area contributed by atoms with Crippen LogP contribution in [0.1, 0.15) is 29.8 Å². The lowest BCUT2D eigenvalue weighted by atomic mass is 10.1. The first kappa shape index (κ1) is 12.6. The van der Waals surface area contributed by atoms with Crippen molar-refractivity contribution in [3.8, 4) is 11.5 Å². The molecule has 1 heterocycles. The number of aromatic nitrogens is 1. The van der Waals surface area contributed by atoms with Gasteiger partial charge in [0.25, 0.3) is 0 Å². The van der Waals surface area contributed by atoms with E-state index >= 15 is 0 Å². The summed E-state index contributed by atoms with van der Waals surface area (Å²) in [5, 5.41) is 9.37. The zero-order valence-corrected chi connectivity index (χ0v) is 10.8. The minimum Gasteiger partial charge on any atom is -0.456 e. The van der Waals surface area contributed by atoms with Crippen molar-refractivity contribution in [2.45, 2.75) is 26.9 Å². The van der Waals surface area contributed by atoms with Gasteiger partial charge in [-0.2, -0.15) is 0 Å². The lowest BCUT2D eigenvalue weighted by Gasteiger charge is -2.09. The van der Waals surface area contributed by atoms with Gasteiger partial charge in [0.1, 0.15) is 11.5 Å². The number of ether oxygens (including phenoxy) is 1. The van der Waals surface area contributed by atoms with Gasteiger partial charge in [-0.25, -0.2) is 0 Å². The molecule has 0 bridgehead atoms. The summed E-state index contributed by atoms with van der Waals surface area (Å²) in [5.74, 6) is 1.48. The first-order valence-electron chi connectivity index (χ1n) is 5.95. The Balaban J connectivity index is 2.18. The number of hydrogen-bond donors (Lipinski definition) is 1. The van der Waals surface area contributed by atoms with Crippen molar-refractivity contribution >= 4 is 0 Å². The van der Waals surface area contributed by atoms with Crippen molar-refractivity contribution in [3.63, 3.8) is 0 Å². The number of benzene rings is 1. The maximum Gasteiger partial charge on any atom is 0.145 e. The normalized spacial score (nSPS) is 12.2. The van der Waals surface area contributed by atoms with Gasteiger partial charge in [-0.1, -0.05) is 6.07 Å². The van der Waals surface area contributed by atoms with Gasteiger partial charge >= 0.3 is 0 Å². The summed E-state index contributed by atoms with van der Waals surface area (Å²) >= 11 is 0. The van der Waals surface area contributed by atoms with Crippen LogP contribution in [0.5, 0.6) is 11.5 Å². The van der Waals surface area contributed by atoms with E-state index in [2.05, 4.69) is 11.1 Å². The molecule has 0 radical (unpaired) electrons. The SMILES string of the molecule is Cc1cc(C)cc(Oc2ccc(C(C)O)nc2)c1. The van der Waals surface area contributed by atoms with Crippen LogP contribution in [0.3, 0.4) is 0 Å². The molecular formula is C15H17NO2. The van der Waals surface area contributed by atoms with Crippen LogP contribution in [-0.4, -0.2) is 10.1 Å². The molecule has 0 saturated carbocycles. The van der Waals surface area contributed by atoms with E-state index in [0.717, 1.165) is 5.75 Å². The van der Waals surface area contributed by atoms with Crippen LogP contribution in [0.4, 0.5) is 0 Å². The minimum atomic E-state index is -0.555. The number of hydrogen-bond acceptors (Lipinski definition) is 3. The molecule has 2 aromatic rings. The quantitative estimate of drug-likeness (QED) is 0.896. The maximum atomic E-state index is 9.37. The first-order valence-corrected chi connectivity index (χ1v) is 5.95. The fraction of sp³-hybridized carbons (Fsp3) is 0.267. The van der Waals surface area contributed by atoms with Gasteiger partial charge in [0.15, 0.2) is 0 Å². The highest BCUT2D eigenvalue weighted by Crippen LogP contribution is 2.23. The summed E-state index contributed by atoms with van der Waals surface area (Å²) in [7, 11) is 0. The van der Waals surface area contributed by atoms with Gasteiger partial charge in [-0.15, -0.1) is 0 Å². The number of nitrogens with zero attached hydrogens (tertiary/aromatic N) is 1. The van der Waals surface area contributed by atoms with Crippen molar-refractivity contribution < 1.29 is 9.84 Å². The third kappa shape index (κ3) is 3.08. The zero-order chi connectivity index (χ0) is 13.1. The number of pyridine rings is 1. The highest BCUT2D eigenvalue weighted by Gasteiger charge is 2.03. The van der Waals surface area contributed by atoms with Gasteiger partial charge in [0, 0.05) is 0 Å². The van der Waals surface area contributed by atoms with E-state index in [1.165, 1.54) is 11.1 Å². The summed E-state index contributed by atoms with van der Waals surface area (Å²) < 4.78 is 5.73. The Morgan fingerprint density at radius 3 is 2.22 bits per heavy atom. The van der Waals surface area contributed by atoms with Crippen LogP contribution in [0, 0.1) is 13.8 Å². The molecule has 3 heteroatoms. The molecule has 0 spiro atoms. The van der Waals surface area contributed by atoms with Crippen LogP contribution in [0.2, 0.25) is 0 Å². The van der Waals surface area contributed by atoms with Gasteiger partial charge in [0.2, 0.25) is 0 Å². The van der Waals surface area contributed by atoms with E-state index in [0.29, 0.717) is 11.4 Å².